The van der Waals surface area contributed by atoms with Crippen LogP contribution in [0, 0.1) is 23.2 Å². The van der Waals surface area contributed by atoms with Gasteiger partial charge in [-0.25, -0.2) is 8.78 Å². The number of benzene rings is 1. The maximum absolute atomic E-state index is 13.3. The molecule has 2 amide bonds. The van der Waals surface area contributed by atoms with E-state index in [9.17, 15) is 26.8 Å². The van der Waals surface area contributed by atoms with Gasteiger partial charge in [0.25, 0.3) is 16.6 Å². The van der Waals surface area contributed by atoms with Crippen LogP contribution in [0.4, 0.5) is 8.78 Å². The average Bonchev–Trinajstić information content (AvgIpc) is 3.31. The van der Waals surface area contributed by atoms with Gasteiger partial charge in [0.2, 0.25) is 11.8 Å². The molecule has 0 saturated carbocycles. The number of alkyl halides is 2. The van der Waals surface area contributed by atoms with E-state index in [-0.39, 0.29) is 49.5 Å². The minimum atomic E-state index is -3.72. The molecule has 0 bridgehead atoms. The normalized spacial score (nSPS) is 24.2. The molecule has 4 rings (SSSR count). The summed E-state index contributed by atoms with van der Waals surface area (Å²) < 4.78 is 53.8. The van der Waals surface area contributed by atoms with Crippen molar-refractivity contribution in [1.82, 2.24) is 18.8 Å². The molecule has 1 aromatic rings. The Hall–Kier alpha value is -2.62. The van der Waals surface area contributed by atoms with Crippen molar-refractivity contribution in [2.75, 3.05) is 32.7 Å². The van der Waals surface area contributed by atoms with Gasteiger partial charge in [0.05, 0.1) is 17.9 Å². The Bertz CT molecular complexity index is 1090. The number of halogens is 2. The van der Waals surface area contributed by atoms with Crippen molar-refractivity contribution in [1.29, 1.82) is 5.26 Å². The van der Waals surface area contributed by atoms with Gasteiger partial charge in [-0.2, -0.15) is 22.3 Å². The third kappa shape index (κ3) is 5.47. The van der Waals surface area contributed by atoms with Crippen molar-refractivity contribution in [3.05, 3.63) is 35.4 Å². The SMILES string of the molecule is N#CC1CN(S(=O)(=O)N2CCC[C@H](C(=O)N3CCC[C@@H]3C(=O)NCc3ccc(C(F)F)cc3)C2)C1. The molecule has 2 atom stereocenters. The number of likely N-dealkylation sites (tertiary alicyclic amines) is 1. The standard InChI is InChI=1S/C23H29F2N5O4S/c24-21(25)18-7-5-16(6-8-18)12-27-22(31)20-4-2-10-30(20)23(32)19-3-1-9-28(15-19)35(33,34)29-13-17(11-26)14-29/h5-8,17,19-21H,1-4,9-10,12-15H2,(H,27,31)/t19-,20+/m0/s1. The molecule has 0 unspecified atom stereocenters. The van der Waals surface area contributed by atoms with E-state index in [1.165, 1.54) is 32.9 Å². The number of carbonyl (C=O) groups is 2. The smallest absolute Gasteiger partial charge is 0.282 e. The van der Waals surface area contributed by atoms with Gasteiger partial charge in [0.1, 0.15) is 6.04 Å². The molecule has 9 nitrogen and oxygen atoms in total. The molecule has 0 radical (unpaired) electrons. The zero-order chi connectivity index (χ0) is 25.2. The second-order valence-corrected chi connectivity index (χ2v) is 11.2. The maximum atomic E-state index is 13.3. The summed E-state index contributed by atoms with van der Waals surface area (Å²) >= 11 is 0. The summed E-state index contributed by atoms with van der Waals surface area (Å²) in [7, 11) is -3.72. The molecule has 3 aliphatic rings. The van der Waals surface area contributed by atoms with E-state index in [1.54, 1.807) is 4.90 Å². The number of piperidine rings is 1. The van der Waals surface area contributed by atoms with Gasteiger partial charge in [-0.15, -0.1) is 0 Å². The van der Waals surface area contributed by atoms with E-state index in [0.29, 0.717) is 44.3 Å². The number of carbonyl (C=O) groups excluding carboxylic acids is 2. The number of hydrogen-bond acceptors (Lipinski definition) is 5. The molecule has 35 heavy (non-hydrogen) atoms. The number of nitriles is 1. The Morgan fingerprint density at radius 3 is 2.40 bits per heavy atom. The Morgan fingerprint density at radius 1 is 1.06 bits per heavy atom. The lowest BCUT2D eigenvalue weighted by Crippen LogP contribution is -2.57. The van der Waals surface area contributed by atoms with Crippen molar-refractivity contribution >= 4 is 22.0 Å². The Kier molecular flexibility index (Phi) is 7.68. The van der Waals surface area contributed by atoms with Gasteiger partial charge in [0, 0.05) is 44.8 Å². The molecule has 0 aliphatic carbocycles. The highest BCUT2D eigenvalue weighted by Crippen LogP contribution is 2.29. The van der Waals surface area contributed by atoms with Crippen molar-refractivity contribution in [2.24, 2.45) is 11.8 Å². The molecular weight excluding hydrogens is 480 g/mol. The van der Waals surface area contributed by atoms with Gasteiger partial charge in [0.15, 0.2) is 0 Å². The van der Waals surface area contributed by atoms with Crippen molar-refractivity contribution in [3.8, 4) is 6.07 Å². The zero-order valence-corrected chi connectivity index (χ0v) is 20.1. The Balaban J connectivity index is 1.34. The lowest BCUT2D eigenvalue weighted by molar-refractivity contribution is -0.142. The van der Waals surface area contributed by atoms with E-state index in [0.717, 1.165) is 0 Å². The van der Waals surface area contributed by atoms with Crippen LogP contribution in [-0.2, 0) is 26.3 Å². The monoisotopic (exact) mass is 509 g/mol. The third-order valence-electron chi connectivity index (χ3n) is 6.95. The van der Waals surface area contributed by atoms with Crippen molar-refractivity contribution in [2.45, 2.75) is 44.7 Å². The van der Waals surface area contributed by atoms with Crippen LogP contribution >= 0.6 is 0 Å². The number of nitrogens with one attached hydrogen (secondary N) is 1. The van der Waals surface area contributed by atoms with E-state index in [2.05, 4.69) is 11.4 Å². The average molecular weight is 510 g/mol. The van der Waals surface area contributed by atoms with Gasteiger partial charge in [-0.1, -0.05) is 24.3 Å². The maximum Gasteiger partial charge on any atom is 0.282 e. The van der Waals surface area contributed by atoms with E-state index < -0.39 is 28.6 Å². The van der Waals surface area contributed by atoms with Crippen molar-refractivity contribution < 1.29 is 26.8 Å². The first kappa shape index (κ1) is 25.5. The Morgan fingerprint density at radius 2 is 1.74 bits per heavy atom. The van der Waals surface area contributed by atoms with Gasteiger partial charge in [-0.05, 0) is 31.2 Å². The number of amides is 2. The largest absolute Gasteiger partial charge is 0.350 e. The highest BCUT2D eigenvalue weighted by molar-refractivity contribution is 7.86. The fourth-order valence-electron chi connectivity index (χ4n) is 4.85. The van der Waals surface area contributed by atoms with Gasteiger partial charge in [-0.3, -0.25) is 9.59 Å². The second kappa shape index (κ2) is 10.6. The van der Waals surface area contributed by atoms with Gasteiger partial charge < -0.3 is 10.2 Å². The van der Waals surface area contributed by atoms with Crippen LogP contribution in [0.15, 0.2) is 24.3 Å². The minimum Gasteiger partial charge on any atom is -0.350 e. The summed E-state index contributed by atoms with van der Waals surface area (Å²) in [6.45, 7) is 1.33. The first-order chi connectivity index (χ1) is 16.7. The molecule has 3 aliphatic heterocycles. The molecule has 0 spiro atoms. The second-order valence-electron chi connectivity index (χ2n) is 9.30. The van der Waals surface area contributed by atoms with Crippen LogP contribution in [0.3, 0.4) is 0 Å². The first-order valence-electron chi connectivity index (χ1n) is 11.8. The topological polar surface area (TPSA) is 114 Å². The van der Waals surface area contributed by atoms with Crippen LogP contribution in [0.25, 0.3) is 0 Å². The molecule has 190 valence electrons. The summed E-state index contributed by atoms with van der Waals surface area (Å²) in [4.78, 5) is 27.7. The molecule has 3 fully saturated rings. The molecule has 1 N–H and O–H groups in total. The van der Waals surface area contributed by atoms with E-state index in [4.69, 9.17) is 5.26 Å². The van der Waals surface area contributed by atoms with Crippen LogP contribution < -0.4 is 5.32 Å². The molecule has 3 heterocycles. The fraction of sp³-hybridized carbons (Fsp3) is 0.609. The van der Waals surface area contributed by atoms with Crippen LogP contribution in [0.1, 0.15) is 43.2 Å². The highest BCUT2D eigenvalue weighted by Gasteiger charge is 2.44. The number of rotatable bonds is 7. The predicted molar refractivity (Wildman–Crippen MR) is 122 cm³/mol. The molecule has 1 aromatic carbocycles. The zero-order valence-electron chi connectivity index (χ0n) is 19.3. The van der Waals surface area contributed by atoms with Crippen LogP contribution in [-0.4, -0.2) is 72.5 Å². The first-order valence-corrected chi connectivity index (χ1v) is 13.2. The Labute approximate surface area is 203 Å². The summed E-state index contributed by atoms with van der Waals surface area (Å²) in [5.41, 5.74) is 0.589. The van der Waals surface area contributed by atoms with Crippen LogP contribution in [0.5, 0.6) is 0 Å². The molecular formula is C23H29F2N5O4S. The lowest BCUT2D eigenvalue weighted by Gasteiger charge is -2.41. The molecule has 0 aromatic heterocycles. The van der Waals surface area contributed by atoms with E-state index >= 15 is 0 Å². The van der Waals surface area contributed by atoms with Crippen LogP contribution in [0.2, 0.25) is 0 Å². The number of hydrogen-bond donors (Lipinski definition) is 1. The summed E-state index contributed by atoms with van der Waals surface area (Å²) in [6, 6.07) is 7.13. The summed E-state index contributed by atoms with van der Waals surface area (Å²) in [5, 5.41) is 11.7. The molecule has 12 heteroatoms. The molecule has 3 saturated heterocycles. The predicted octanol–water partition coefficient (Wildman–Crippen LogP) is 1.64. The third-order valence-corrected chi connectivity index (χ3v) is 8.89. The van der Waals surface area contributed by atoms with Gasteiger partial charge >= 0.3 is 0 Å². The lowest BCUT2D eigenvalue weighted by atomic mass is 9.97. The number of nitrogens with zero attached hydrogens (tertiary/aromatic N) is 4. The summed E-state index contributed by atoms with van der Waals surface area (Å²) in [6.07, 6.45) is -0.273. The quantitative estimate of drug-likeness (QED) is 0.600. The van der Waals surface area contributed by atoms with Crippen molar-refractivity contribution in [3.63, 3.8) is 0 Å². The summed E-state index contributed by atoms with van der Waals surface area (Å²) in [5.74, 6) is -1.35. The fourth-order valence-corrected chi connectivity index (χ4v) is 6.64. The van der Waals surface area contributed by atoms with E-state index in [1.807, 2.05) is 0 Å². The minimum absolute atomic E-state index is 0.0657. The highest BCUT2D eigenvalue weighted by atomic mass is 32.2.